The molecule has 1 fully saturated rings. The van der Waals surface area contributed by atoms with Gasteiger partial charge in [-0.3, -0.25) is 0 Å². The van der Waals surface area contributed by atoms with Crippen molar-refractivity contribution in [2.45, 2.75) is 39.0 Å². The Balaban J connectivity index is 1.99. The summed E-state index contributed by atoms with van der Waals surface area (Å²) in [4.78, 5) is 0. The van der Waals surface area contributed by atoms with Crippen LogP contribution in [0.3, 0.4) is 0 Å². The molecule has 1 saturated carbocycles. The van der Waals surface area contributed by atoms with Gasteiger partial charge < -0.3 is 16.2 Å². The molecule has 96 valence electrons. The van der Waals surface area contributed by atoms with Gasteiger partial charge in [-0.05, 0) is 42.1 Å². The Hall–Kier alpha value is -0.810. The first kappa shape index (κ1) is 12.6. The van der Waals surface area contributed by atoms with E-state index in [-0.39, 0.29) is 12.0 Å². The number of rotatable bonds is 6. The molecule has 0 spiro atoms. The zero-order chi connectivity index (χ0) is 12.5. The maximum Gasteiger partial charge on any atom is 0.142 e. The fraction of sp³-hybridized carbons (Fsp3) is 0.750. The Morgan fingerprint density at radius 1 is 1.53 bits per heavy atom. The fourth-order valence-corrected chi connectivity index (χ4v) is 2.71. The molecule has 2 rings (SSSR count). The molecule has 5 heteroatoms. The summed E-state index contributed by atoms with van der Waals surface area (Å²) in [5, 5.41) is 13.6. The molecule has 0 aromatic carbocycles. The van der Waals surface area contributed by atoms with Crippen molar-refractivity contribution in [2.24, 2.45) is 5.41 Å². The van der Waals surface area contributed by atoms with Crippen LogP contribution in [-0.2, 0) is 0 Å². The molecule has 0 aliphatic heterocycles. The molecule has 0 saturated heterocycles. The minimum Gasteiger partial charge on any atom is -0.396 e. The number of aliphatic hydroxyl groups excluding tert-OH is 1. The van der Waals surface area contributed by atoms with Gasteiger partial charge in [-0.2, -0.15) is 4.37 Å². The smallest absolute Gasteiger partial charge is 0.142 e. The largest absolute Gasteiger partial charge is 0.396 e. The molecule has 1 heterocycles. The Bertz CT molecular complexity index is 385. The van der Waals surface area contributed by atoms with Crippen LogP contribution in [0, 0.1) is 5.41 Å². The van der Waals surface area contributed by atoms with Crippen LogP contribution in [0.15, 0.2) is 0 Å². The average molecular weight is 255 g/mol. The minimum atomic E-state index is 0.0916. The van der Waals surface area contributed by atoms with Gasteiger partial charge in [0.15, 0.2) is 0 Å². The highest BCUT2D eigenvalue weighted by Gasteiger charge is 2.31. The highest BCUT2D eigenvalue weighted by Crippen LogP contribution is 2.47. The molecule has 0 unspecified atom stereocenters. The normalized spacial score (nSPS) is 16.2. The van der Waals surface area contributed by atoms with Crippen LogP contribution in [0.4, 0.5) is 10.8 Å². The summed E-state index contributed by atoms with van der Waals surface area (Å²) in [5.74, 6) is 1.32. The Morgan fingerprint density at radius 2 is 2.24 bits per heavy atom. The first-order valence-corrected chi connectivity index (χ1v) is 6.90. The van der Waals surface area contributed by atoms with Gasteiger partial charge in [-0.1, -0.05) is 13.8 Å². The van der Waals surface area contributed by atoms with E-state index in [0.29, 0.717) is 11.7 Å². The predicted molar refractivity (Wildman–Crippen MR) is 72.5 cm³/mol. The number of nitrogens with two attached hydrogens (primary N) is 1. The van der Waals surface area contributed by atoms with E-state index in [0.717, 1.165) is 18.0 Å². The molecule has 4 N–H and O–H groups in total. The number of anilines is 2. The minimum absolute atomic E-state index is 0.0916. The zero-order valence-corrected chi connectivity index (χ0v) is 11.3. The molecule has 1 aliphatic carbocycles. The van der Waals surface area contributed by atoms with E-state index in [2.05, 4.69) is 23.5 Å². The molecule has 0 amide bonds. The van der Waals surface area contributed by atoms with E-state index in [1.807, 2.05) is 0 Å². The molecule has 1 aliphatic rings. The van der Waals surface area contributed by atoms with Gasteiger partial charge in [0.25, 0.3) is 0 Å². The lowest BCUT2D eigenvalue weighted by atomic mass is 9.90. The Morgan fingerprint density at radius 3 is 2.82 bits per heavy atom. The Kier molecular flexibility index (Phi) is 3.58. The van der Waals surface area contributed by atoms with E-state index >= 15 is 0 Å². The second-order valence-corrected chi connectivity index (χ2v) is 6.35. The second-order valence-electron chi connectivity index (χ2n) is 5.58. The van der Waals surface area contributed by atoms with Crippen molar-refractivity contribution in [1.29, 1.82) is 0 Å². The van der Waals surface area contributed by atoms with Gasteiger partial charge in [-0.25, -0.2) is 0 Å². The summed E-state index contributed by atoms with van der Waals surface area (Å²) in [5.41, 5.74) is 7.21. The summed E-state index contributed by atoms with van der Waals surface area (Å²) in [6, 6.07) is 0. The lowest BCUT2D eigenvalue weighted by Gasteiger charge is -2.24. The van der Waals surface area contributed by atoms with Crippen molar-refractivity contribution >= 4 is 22.4 Å². The third-order valence-electron chi connectivity index (χ3n) is 3.26. The van der Waals surface area contributed by atoms with Gasteiger partial charge in [0.1, 0.15) is 10.8 Å². The third kappa shape index (κ3) is 3.10. The standard InChI is InChI=1S/C12H21N3OS/c1-12(2,5-6-16)7-14-11-9(8-3-4-8)10(13)15-17-11/h8,14,16H,3-7H2,1-2H3,(H2,13,15). The molecule has 1 aromatic heterocycles. The fourth-order valence-electron chi connectivity index (χ4n) is 1.91. The lowest BCUT2D eigenvalue weighted by molar-refractivity contribution is 0.220. The molecule has 0 radical (unpaired) electrons. The summed E-state index contributed by atoms with van der Waals surface area (Å²) in [7, 11) is 0. The van der Waals surface area contributed by atoms with Gasteiger partial charge in [0, 0.05) is 18.7 Å². The number of nitrogens with one attached hydrogen (secondary N) is 1. The van der Waals surface area contributed by atoms with E-state index < -0.39 is 0 Å². The molecule has 4 nitrogen and oxygen atoms in total. The van der Waals surface area contributed by atoms with E-state index in [4.69, 9.17) is 10.8 Å². The second kappa shape index (κ2) is 4.82. The van der Waals surface area contributed by atoms with Crippen LogP contribution in [0.1, 0.15) is 44.6 Å². The quantitative estimate of drug-likeness (QED) is 0.730. The number of aromatic nitrogens is 1. The van der Waals surface area contributed by atoms with E-state index in [1.165, 1.54) is 29.9 Å². The number of aliphatic hydroxyl groups is 1. The number of hydrogen-bond donors (Lipinski definition) is 3. The summed E-state index contributed by atoms with van der Waals surface area (Å²) < 4.78 is 4.23. The first-order chi connectivity index (χ1) is 8.03. The van der Waals surface area contributed by atoms with E-state index in [1.54, 1.807) is 0 Å². The highest BCUT2D eigenvalue weighted by atomic mass is 32.1. The van der Waals surface area contributed by atoms with Crippen molar-refractivity contribution in [3.05, 3.63) is 5.56 Å². The maximum absolute atomic E-state index is 9.00. The van der Waals surface area contributed by atoms with Gasteiger partial charge >= 0.3 is 0 Å². The predicted octanol–water partition coefficient (Wildman–Crippen LogP) is 2.42. The van der Waals surface area contributed by atoms with Crippen LogP contribution >= 0.6 is 11.5 Å². The van der Waals surface area contributed by atoms with Gasteiger partial charge in [-0.15, -0.1) is 0 Å². The molecule has 1 aromatic rings. The van der Waals surface area contributed by atoms with E-state index in [9.17, 15) is 0 Å². The average Bonchev–Trinajstić information content (AvgIpc) is 3.01. The van der Waals surface area contributed by atoms with Crippen LogP contribution in [0.25, 0.3) is 0 Å². The van der Waals surface area contributed by atoms with Crippen molar-refractivity contribution in [3.8, 4) is 0 Å². The number of nitrogen functional groups attached to an aromatic ring is 1. The lowest BCUT2D eigenvalue weighted by Crippen LogP contribution is -2.24. The first-order valence-electron chi connectivity index (χ1n) is 6.13. The van der Waals surface area contributed by atoms with Gasteiger partial charge in [0.05, 0.1) is 0 Å². The molecule has 0 bridgehead atoms. The van der Waals surface area contributed by atoms with Crippen LogP contribution in [0.2, 0.25) is 0 Å². The summed E-state index contributed by atoms with van der Waals surface area (Å²) in [6.07, 6.45) is 3.27. The van der Waals surface area contributed by atoms with Crippen molar-refractivity contribution in [2.75, 3.05) is 24.2 Å². The monoisotopic (exact) mass is 255 g/mol. The van der Waals surface area contributed by atoms with Crippen LogP contribution in [-0.4, -0.2) is 22.6 Å². The number of hydrogen-bond acceptors (Lipinski definition) is 5. The zero-order valence-electron chi connectivity index (χ0n) is 10.5. The van der Waals surface area contributed by atoms with Crippen molar-refractivity contribution < 1.29 is 5.11 Å². The van der Waals surface area contributed by atoms with Crippen LogP contribution in [0.5, 0.6) is 0 Å². The molecule has 17 heavy (non-hydrogen) atoms. The van der Waals surface area contributed by atoms with Crippen LogP contribution < -0.4 is 11.1 Å². The number of nitrogens with zero attached hydrogens (tertiary/aromatic N) is 1. The Labute approximate surface area is 106 Å². The van der Waals surface area contributed by atoms with Crippen molar-refractivity contribution in [3.63, 3.8) is 0 Å². The van der Waals surface area contributed by atoms with Crippen molar-refractivity contribution in [1.82, 2.24) is 4.37 Å². The highest BCUT2D eigenvalue weighted by molar-refractivity contribution is 7.10. The third-order valence-corrected chi connectivity index (χ3v) is 4.09. The summed E-state index contributed by atoms with van der Waals surface area (Å²) >= 11 is 1.45. The molecular formula is C12H21N3OS. The molecule has 0 atom stereocenters. The van der Waals surface area contributed by atoms with Gasteiger partial charge in [0.2, 0.25) is 0 Å². The molecular weight excluding hydrogens is 234 g/mol. The maximum atomic E-state index is 9.00. The SMILES string of the molecule is CC(C)(CCO)CNc1snc(N)c1C1CC1. The topological polar surface area (TPSA) is 71.2 Å². The summed E-state index contributed by atoms with van der Waals surface area (Å²) in [6.45, 7) is 5.37.